The van der Waals surface area contributed by atoms with Crippen LogP contribution in [0.25, 0.3) is 0 Å². The first kappa shape index (κ1) is 13.9. The maximum Gasteiger partial charge on any atom is 0.0639 e. The van der Waals surface area contributed by atoms with Gasteiger partial charge in [0, 0.05) is 38.8 Å². The van der Waals surface area contributed by atoms with Crippen molar-refractivity contribution >= 4 is 0 Å². The van der Waals surface area contributed by atoms with Gasteiger partial charge in [-0.05, 0) is 20.3 Å². The van der Waals surface area contributed by atoms with E-state index in [0.29, 0.717) is 6.04 Å². The normalized spacial score (nSPS) is 27.9. The molecule has 0 bridgehead atoms. The van der Waals surface area contributed by atoms with E-state index in [0.717, 1.165) is 39.1 Å². The summed E-state index contributed by atoms with van der Waals surface area (Å²) in [7, 11) is 0. The summed E-state index contributed by atoms with van der Waals surface area (Å²) in [5.41, 5.74) is 0. The molecular formula is C12H26N2O2. The Morgan fingerprint density at radius 2 is 1.75 bits per heavy atom. The third kappa shape index (κ3) is 4.37. The lowest BCUT2D eigenvalue weighted by atomic mass is 10.1. The highest BCUT2D eigenvalue weighted by Gasteiger charge is 2.26. The van der Waals surface area contributed by atoms with Crippen molar-refractivity contribution in [2.24, 2.45) is 0 Å². The van der Waals surface area contributed by atoms with Crippen LogP contribution in [0.1, 0.15) is 27.2 Å². The molecule has 0 spiro atoms. The Balaban J connectivity index is 2.43. The summed E-state index contributed by atoms with van der Waals surface area (Å²) in [6.07, 6.45) is 0.599. The molecule has 3 unspecified atom stereocenters. The van der Waals surface area contributed by atoms with Gasteiger partial charge in [0.15, 0.2) is 0 Å². The number of hydrogen-bond donors (Lipinski definition) is 2. The summed E-state index contributed by atoms with van der Waals surface area (Å²) in [6.45, 7) is 10.4. The summed E-state index contributed by atoms with van der Waals surface area (Å²) < 4.78 is 0. The van der Waals surface area contributed by atoms with Crippen molar-refractivity contribution in [1.82, 2.24) is 9.80 Å². The summed E-state index contributed by atoms with van der Waals surface area (Å²) in [5, 5.41) is 18.8. The standard InChI is InChI=1S/C12H26N2O2/c1-4-12-9-13(7-10(2)15)5-6-14(12)8-11(3)16/h10-12,15-16H,4-9H2,1-3H3. The van der Waals surface area contributed by atoms with Crippen molar-refractivity contribution in [2.45, 2.75) is 45.4 Å². The SMILES string of the molecule is CCC1CN(CC(C)O)CCN1CC(C)O. The second-order valence-corrected chi connectivity index (χ2v) is 5.01. The molecule has 1 aliphatic rings. The zero-order valence-corrected chi connectivity index (χ0v) is 10.8. The molecule has 1 aliphatic heterocycles. The highest BCUT2D eigenvalue weighted by atomic mass is 16.3. The van der Waals surface area contributed by atoms with Gasteiger partial charge in [-0.25, -0.2) is 0 Å². The Kier molecular flexibility index (Phi) is 5.69. The van der Waals surface area contributed by atoms with Gasteiger partial charge in [0.05, 0.1) is 12.2 Å². The molecule has 96 valence electrons. The van der Waals surface area contributed by atoms with Gasteiger partial charge in [-0.1, -0.05) is 6.92 Å². The van der Waals surface area contributed by atoms with Crippen LogP contribution in [0.5, 0.6) is 0 Å². The Hall–Kier alpha value is -0.160. The Labute approximate surface area is 98.9 Å². The summed E-state index contributed by atoms with van der Waals surface area (Å²) >= 11 is 0. The van der Waals surface area contributed by atoms with Crippen molar-refractivity contribution in [3.8, 4) is 0 Å². The molecular weight excluding hydrogens is 204 g/mol. The number of nitrogens with zero attached hydrogens (tertiary/aromatic N) is 2. The average Bonchev–Trinajstić information content (AvgIpc) is 2.18. The number of piperazine rings is 1. The van der Waals surface area contributed by atoms with E-state index >= 15 is 0 Å². The highest BCUT2D eigenvalue weighted by molar-refractivity contribution is 4.82. The minimum atomic E-state index is -0.252. The molecule has 0 saturated carbocycles. The summed E-state index contributed by atoms with van der Waals surface area (Å²) in [5.74, 6) is 0. The van der Waals surface area contributed by atoms with Crippen molar-refractivity contribution < 1.29 is 10.2 Å². The summed E-state index contributed by atoms with van der Waals surface area (Å²) in [6, 6.07) is 0.516. The minimum absolute atomic E-state index is 0.249. The van der Waals surface area contributed by atoms with Gasteiger partial charge in [-0.2, -0.15) is 0 Å². The predicted molar refractivity (Wildman–Crippen MR) is 65.5 cm³/mol. The molecule has 1 fully saturated rings. The van der Waals surface area contributed by atoms with Crippen LogP contribution in [0.4, 0.5) is 0 Å². The first-order valence-electron chi connectivity index (χ1n) is 6.35. The van der Waals surface area contributed by atoms with Crippen molar-refractivity contribution in [3.05, 3.63) is 0 Å². The van der Waals surface area contributed by atoms with Crippen LogP contribution >= 0.6 is 0 Å². The molecule has 4 nitrogen and oxygen atoms in total. The molecule has 0 radical (unpaired) electrons. The van der Waals surface area contributed by atoms with Crippen LogP contribution in [-0.4, -0.2) is 71.0 Å². The zero-order valence-electron chi connectivity index (χ0n) is 10.8. The van der Waals surface area contributed by atoms with Crippen LogP contribution in [-0.2, 0) is 0 Å². The predicted octanol–water partition coefficient (Wildman–Crippen LogP) is 0.144. The third-order valence-electron chi connectivity index (χ3n) is 3.18. The van der Waals surface area contributed by atoms with Crippen LogP contribution in [0, 0.1) is 0 Å². The lowest BCUT2D eigenvalue weighted by molar-refractivity contribution is 0.0203. The molecule has 16 heavy (non-hydrogen) atoms. The average molecular weight is 230 g/mol. The van der Waals surface area contributed by atoms with Crippen LogP contribution < -0.4 is 0 Å². The number of β-amino-alcohol motifs (C(OH)–C–C–N with tert-alkyl or cyclic N) is 2. The lowest BCUT2D eigenvalue weighted by Crippen LogP contribution is -2.55. The van der Waals surface area contributed by atoms with E-state index in [1.807, 2.05) is 13.8 Å². The second-order valence-electron chi connectivity index (χ2n) is 5.01. The zero-order chi connectivity index (χ0) is 12.1. The molecule has 1 rings (SSSR count). The van der Waals surface area contributed by atoms with Crippen LogP contribution in [0.3, 0.4) is 0 Å². The van der Waals surface area contributed by atoms with Crippen molar-refractivity contribution in [3.63, 3.8) is 0 Å². The number of rotatable bonds is 5. The molecule has 0 aromatic carbocycles. The van der Waals surface area contributed by atoms with E-state index in [-0.39, 0.29) is 12.2 Å². The van der Waals surface area contributed by atoms with Gasteiger partial charge in [0.2, 0.25) is 0 Å². The Morgan fingerprint density at radius 1 is 1.12 bits per heavy atom. The molecule has 4 heteroatoms. The van der Waals surface area contributed by atoms with Gasteiger partial charge >= 0.3 is 0 Å². The quantitative estimate of drug-likeness (QED) is 0.705. The lowest BCUT2D eigenvalue weighted by Gasteiger charge is -2.42. The van der Waals surface area contributed by atoms with Crippen molar-refractivity contribution in [2.75, 3.05) is 32.7 Å². The molecule has 1 heterocycles. The fourth-order valence-electron chi connectivity index (χ4n) is 2.46. The molecule has 2 N–H and O–H groups in total. The van der Waals surface area contributed by atoms with Gasteiger partial charge in [0.1, 0.15) is 0 Å². The summed E-state index contributed by atoms with van der Waals surface area (Å²) in [4.78, 5) is 4.68. The fraction of sp³-hybridized carbons (Fsp3) is 1.00. The molecule has 0 aliphatic carbocycles. The molecule has 1 saturated heterocycles. The van der Waals surface area contributed by atoms with Crippen molar-refractivity contribution in [1.29, 1.82) is 0 Å². The number of hydrogen-bond acceptors (Lipinski definition) is 4. The maximum atomic E-state index is 9.43. The van der Waals surface area contributed by atoms with Crippen LogP contribution in [0.15, 0.2) is 0 Å². The minimum Gasteiger partial charge on any atom is -0.392 e. The van der Waals surface area contributed by atoms with E-state index in [1.54, 1.807) is 0 Å². The number of aliphatic hydroxyl groups is 2. The monoisotopic (exact) mass is 230 g/mol. The number of aliphatic hydroxyl groups excluding tert-OH is 2. The largest absolute Gasteiger partial charge is 0.392 e. The van der Waals surface area contributed by atoms with Crippen LogP contribution in [0.2, 0.25) is 0 Å². The van der Waals surface area contributed by atoms with Gasteiger partial charge in [-0.3, -0.25) is 9.80 Å². The topological polar surface area (TPSA) is 46.9 Å². The van der Waals surface area contributed by atoms with E-state index in [1.165, 1.54) is 0 Å². The first-order chi connectivity index (χ1) is 7.52. The highest BCUT2D eigenvalue weighted by Crippen LogP contribution is 2.13. The van der Waals surface area contributed by atoms with Gasteiger partial charge < -0.3 is 10.2 Å². The van der Waals surface area contributed by atoms with E-state index in [4.69, 9.17) is 0 Å². The smallest absolute Gasteiger partial charge is 0.0639 e. The van der Waals surface area contributed by atoms with E-state index < -0.39 is 0 Å². The Bertz CT molecular complexity index is 197. The molecule has 3 atom stereocenters. The molecule has 0 aromatic heterocycles. The van der Waals surface area contributed by atoms with E-state index in [9.17, 15) is 10.2 Å². The fourth-order valence-corrected chi connectivity index (χ4v) is 2.46. The van der Waals surface area contributed by atoms with E-state index in [2.05, 4.69) is 16.7 Å². The molecule has 0 aromatic rings. The first-order valence-corrected chi connectivity index (χ1v) is 6.35. The van der Waals surface area contributed by atoms with Gasteiger partial charge in [-0.15, -0.1) is 0 Å². The third-order valence-corrected chi connectivity index (χ3v) is 3.18. The molecule has 0 amide bonds. The second kappa shape index (κ2) is 6.55. The van der Waals surface area contributed by atoms with Gasteiger partial charge in [0.25, 0.3) is 0 Å². The Morgan fingerprint density at radius 3 is 2.25 bits per heavy atom. The maximum absolute atomic E-state index is 9.43.